The Labute approximate surface area is 243 Å². The topological polar surface area (TPSA) is 122 Å². The van der Waals surface area contributed by atoms with E-state index in [1.807, 2.05) is 0 Å². The van der Waals surface area contributed by atoms with Crippen molar-refractivity contribution in [1.82, 2.24) is 14.5 Å². The van der Waals surface area contributed by atoms with E-state index in [0.717, 1.165) is 17.7 Å². The van der Waals surface area contributed by atoms with Gasteiger partial charge >= 0.3 is 0 Å². The number of fused-ring (bicyclic) bond motifs is 1. The summed E-state index contributed by atoms with van der Waals surface area (Å²) in [5.74, 6) is -2.55. The van der Waals surface area contributed by atoms with Crippen LogP contribution in [-0.4, -0.2) is 68.3 Å². The van der Waals surface area contributed by atoms with Gasteiger partial charge in [-0.2, -0.15) is 0 Å². The maximum atomic E-state index is 15.3. The van der Waals surface area contributed by atoms with Crippen molar-refractivity contribution in [2.75, 3.05) is 26.8 Å². The van der Waals surface area contributed by atoms with E-state index in [0.29, 0.717) is 22.2 Å². The van der Waals surface area contributed by atoms with Crippen molar-refractivity contribution in [2.24, 2.45) is 0 Å². The first-order valence-corrected chi connectivity index (χ1v) is 14.9. The summed E-state index contributed by atoms with van der Waals surface area (Å²) in [7, 11) is -2.81. The lowest BCUT2D eigenvalue weighted by molar-refractivity contribution is -0.141. The Hall–Kier alpha value is -4.29. The average molecular weight is 596 g/mol. The molecule has 1 N–H and O–H groups in total. The molecule has 3 amide bonds. The fraction of sp³-hybridized carbons (Fsp3) is 0.300. The highest BCUT2D eigenvalue weighted by Crippen LogP contribution is 2.32. The van der Waals surface area contributed by atoms with Crippen LogP contribution in [0, 0.1) is 5.82 Å². The lowest BCUT2D eigenvalue weighted by atomic mass is 10.0. The van der Waals surface area contributed by atoms with E-state index >= 15 is 4.39 Å². The monoisotopic (exact) mass is 595 g/mol. The number of hydrogen-bond donors (Lipinski definition) is 1. The molecule has 0 bridgehead atoms. The number of methoxy groups -OCH3 is 1. The van der Waals surface area contributed by atoms with Gasteiger partial charge in [-0.05, 0) is 48.7 Å². The quantitative estimate of drug-likeness (QED) is 0.382. The van der Waals surface area contributed by atoms with E-state index in [9.17, 15) is 22.8 Å². The summed E-state index contributed by atoms with van der Waals surface area (Å²) in [5.41, 5.74) is 0.436. The number of sulfonamides is 1. The number of rotatable bonds is 10. The Bertz CT molecular complexity index is 1590. The summed E-state index contributed by atoms with van der Waals surface area (Å²) < 4.78 is 53.0. The summed E-state index contributed by atoms with van der Waals surface area (Å²) in [5, 5.41) is 2.78. The molecule has 0 aliphatic carbocycles. The van der Waals surface area contributed by atoms with Crippen molar-refractivity contribution in [3.05, 3.63) is 95.3 Å². The third-order valence-corrected chi connectivity index (χ3v) is 9.10. The van der Waals surface area contributed by atoms with Crippen molar-refractivity contribution in [1.29, 1.82) is 0 Å². The van der Waals surface area contributed by atoms with Crippen LogP contribution in [0.5, 0.6) is 5.75 Å². The van der Waals surface area contributed by atoms with Gasteiger partial charge in [0.1, 0.15) is 29.0 Å². The largest absolute Gasteiger partial charge is 0.497 e. The molecule has 0 aromatic heterocycles. The molecule has 3 aromatic carbocycles. The molecule has 1 saturated heterocycles. The predicted molar refractivity (Wildman–Crippen MR) is 149 cm³/mol. The van der Waals surface area contributed by atoms with Crippen LogP contribution in [0.2, 0.25) is 0 Å². The average Bonchev–Trinajstić information content (AvgIpc) is 3.58. The number of benzene rings is 3. The molecule has 2 aliphatic heterocycles. The standard InChI is InChI=1S/C30H30FN3O7S/c1-40-21-14-12-20(13-15-21)18-33(27(35)19-34-30(37)24-9-3-5-11-26(24)42(34,38)39)28(23-8-2-4-10-25(23)31)29(36)32-17-22-7-6-16-41-22/h2-5,8-15,22,28H,6-7,16-19H2,1H3,(H,32,36). The molecule has 0 radical (unpaired) electrons. The Morgan fingerprint density at radius 3 is 2.48 bits per heavy atom. The van der Waals surface area contributed by atoms with Gasteiger partial charge in [0.15, 0.2) is 0 Å². The molecule has 0 spiro atoms. The second kappa shape index (κ2) is 12.3. The third-order valence-electron chi connectivity index (χ3n) is 7.31. The first-order valence-electron chi connectivity index (χ1n) is 13.4. The van der Waals surface area contributed by atoms with Gasteiger partial charge in [0.25, 0.3) is 15.9 Å². The van der Waals surface area contributed by atoms with E-state index in [-0.39, 0.29) is 35.2 Å². The zero-order valence-corrected chi connectivity index (χ0v) is 23.7. The van der Waals surface area contributed by atoms with Crippen LogP contribution < -0.4 is 10.1 Å². The van der Waals surface area contributed by atoms with Crippen LogP contribution in [-0.2, 0) is 30.9 Å². The van der Waals surface area contributed by atoms with Gasteiger partial charge in [0.05, 0.1) is 18.8 Å². The van der Waals surface area contributed by atoms with Crippen LogP contribution in [0.25, 0.3) is 0 Å². The fourth-order valence-electron chi connectivity index (χ4n) is 5.12. The number of carbonyl (C=O) groups is 3. The number of ether oxygens (including phenoxy) is 2. The van der Waals surface area contributed by atoms with E-state index < -0.39 is 46.1 Å². The van der Waals surface area contributed by atoms with Crippen LogP contribution >= 0.6 is 0 Å². The van der Waals surface area contributed by atoms with Gasteiger partial charge in [-0.3, -0.25) is 14.4 Å². The summed E-state index contributed by atoms with van der Waals surface area (Å²) in [6.07, 6.45) is 1.38. The second-order valence-corrected chi connectivity index (χ2v) is 11.8. The van der Waals surface area contributed by atoms with Gasteiger partial charge in [0.2, 0.25) is 11.8 Å². The summed E-state index contributed by atoms with van der Waals surface area (Å²) >= 11 is 0. The van der Waals surface area contributed by atoms with Crippen LogP contribution in [0.1, 0.15) is 40.4 Å². The Morgan fingerprint density at radius 2 is 1.81 bits per heavy atom. The zero-order chi connectivity index (χ0) is 29.9. The van der Waals surface area contributed by atoms with E-state index in [2.05, 4.69) is 5.32 Å². The third kappa shape index (κ3) is 5.86. The Balaban J connectivity index is 1.52. The first kappa shape index (κ1) is 29.2. The van der Waals surface area contributed by atoms with Gasteiger partial charge in [0, 0.05) is 25.3 Å². The van der Waals surface area contributed by atoms with Crippen LogP contribution in [0.4, 0.5) is 4.39 Å². The minimum absolute atomic E-state index is 0.0491. The van der Waals surface area contributed by atoms with E-state index in [1.165, 1.54) is 49.6 Å². The molecule has 0 saturated carbocycles. The predicted octanol–water partition coefficient (Wildman–Crippen LogP) is 3.04. The number of amides is 3. The lowest BCUT2D eigenvalue weighted by Crippen LogP contribution is -2.49. The fourth-order valence-corrected chi connectivity index (χ4v) is 6.63. The minimum Gasteiger partial charge on any atom is -0.497 e. The van der Waals surface area contributed by atoms with Gasteiger partial charge in [-0.1, -0.05) is 42.5 Å². The van der Waals surface area contributed by atoms with E-state index in [1.54, 1.807) is 30.3 Å². The number of hydrogen-bond acceptors (Lipinski definition) is 7. The Kier molecular flexibility index (Phi) is 8.55. The molecule has 3 aromatic rings. The molecule has 5 rings (SSSR count). The van der Waals surface area contributed by atoms with Crippen LogP contribution in [0.15, 0.2) is 77.7 Å². The molecular formula is C30H30FN3O7S. The highest BCUT2D eigenvalue weighted by atomic mass is 32.2. The van der Waals surface area contributed by atoms with Gasteiger partial charge in [-0.25, -0.2) is 17.1 Å². The molecule has 2 aliphatic rings. The van der Waals surface area contributed by atoms with Crippen molar-refractivity contribution >= 4 is 27.7 Å². The molecule has 42 heavy (non-hydrogen) atoms. The number of nitrogens with one attached hydrogen (secondary N) is 1. The molecule has 2 atom stereocenters. The van der Waals surface area contributed by atoms with Gasteiger partial charge in [-0.15, -0.1) is 0 Å². The van der Waals surface area contributed by atoms with Crippen molar-refractivity contribution in [2.45, 2.75) is 36.4 Å². The highest BCUT2D eigenvalue weighted by molar-refractivity contribution is 7.90. The zero-order valence-electron chi connectivity index (χ0n) is 22.9. The Morgan fingerprint density at radius 1 is 1.10 bits per heavy atom. The molecule has 2 heterocycles. The number of nitrogens with zero attached hydrogens (tertiary/aromatic N) is 2. The van der Waals surface area contributed by atoms with Crippen molar-refractivity contribution < 1.29 is 36.7 Å². The van der Waals surface area contributed by atoms with E-state index in [4.69, 9.17) is 9.47 Å². The highest BCUT2D eigenvalue weighted by Gasteiger charge is 2.44. The SMILES string of the molecule is COc1ccc(CN(C(=O)CN2C(=O)c3ccccc3S2(=O)=O)C(C(=O)NCC2CCCO2)c2ccccc2F)cc1. The van der Waals surface area contributed by atoms with Crippen molar-refractivity contribution in [3.63, 3.8) is 0 Å². The number of halogens is 1. The maximum absolute atomic E-state index is 15.3. The number of carbonyl (C=O) groups excluding carboxylic acids is 3. The molecule has 2 unspecified atom stereocenters. The molecular weight excluding hydrogens is 565 g/mol. The minimum atomic E-state index is -4.32. The second-order valence-electron chi connectivity index (χ2n) is 9.99. The summed E-state index contributed by atoms with van der Waals surface area (Å²) in [6, 6.07) is 16.5. The normalized spacial score (nSPS) is 17.9. The first-order chi connectivity index (χ1) is 20.2. The van der Waals surface area contributed by atoms with Crippen LogP contribution in [0.3, 0.4) is 0 Å². The molecule has 10 nitrogen and oxygen atoms in total. The summed E-state index contributed by atoms with van der Waals surface area (Å²) in [4.78, 5) is 41.7. The molecule has 220 valence electrons. The smallest absolute Gasteiger partial charge is 0.269 e. The lowest BCUT2D eigenvalue weighted by Gasteiger charge is -2.33. The van der Waals surface area contributed by atoms with Gasteiger partial charge < -0.3 is 19.7 Å². The van der Waals surface area contributed by atoms with Crippen molar-refractivity contribution in [3.8, 4) is 5.75 Å². The maximum Gasteiger partial charge on any atom is 0.269 e. The molecule has 1 fully saturated rings. The summed E-state index contributed by atoms with van der Waals surface area (Å²) in [6.45, 7) is -0.344. The molecule has 12 heteroatoms.